The van der Waals surface area contributed by atoms with Crippen LogP contribution in [0.15, 0.2) is 0 Å². The molecule has 0 heterocycles. The average molecular weight is 1410 g/mol. The van der Waals surface area contributed by atoms with Crippen LogP contribution in [0.4, 0.5) is 0 Å². The topological polar surface area (TPSA) is 237 Å². The lowest BCUT2D eigenvalue weighted by Crippen LogP contribution is -2.30. The van der Waals surface area contributed by atoms with Crippen LogP contribution < -0.4 is 0 Å². The Morgan fingerprint density at radius 3 is 0.646 bits per heavy atom. The van der Waals surface area contributed by atoms with Crippen molar-refractivity contribution >= 4 is 39.5 Å². The van der Waals surface area contributed by atoms with Gasteiger partial charge in [-0.25, -0.2) is 9.13 Å². The Labute approximate surface area is 588 Å². The number of aliphatic hydroxyl groups is 1. The van der Waals surface area contributed by atoms with Gasteiger partial charge in [0.25, 0.3) is 0 Å². The van der Waals surface area contributed by atoms with E-state index in [1.807, 2.05) is 0 Å². The largest absolute Gasteiger partial charge is 0.472 e. The summed E-state index contributed by atoms with van der Waals surface area (Å²) in [6, 6.07) is 0. The number of carbonyl (C=O) groups excluding carboxylic acids is 4. The summed E-state index contributed by atoms with van der Waals surface area (Å²) in [5.41, 5.74) is 0. The van der Waals surface area contributed by atoms with Crippen molar-refractivity contribution in [1.29, 1.82) is 0 Å². The van der Waals surface area contributed by atoms with Crippen molar-refractivity contribution < 1.29 is 80.2 Å². The minimum Gasteiger partial charge on any atom is -0.462 e. The summed E-state index contributed by atoms with van der Waals surface area (Å²) in [5, 5.41) is 10.6. The fourth-order valence-electron chi connectivity index (χ4n) is 11.7. The highest BCUT2D eigenvalue weighted by Gasteiger charge is 2.30. The predicted molar refractivity (Wildman–Crippen MR) is 391 cm³/mol. The Hall–Kier alpha value is -1.94. The summed E-state index contributed by atoms with van der Waals surface area (Å²) < 4.78 is 68.5. The van der Waals surface area contributed by atoms with E-state index in [2.05, 4.69) is 55.4 Å². The first kappa shape index (κ1) is 94.1. The van der Waals surface area contributed by atoms with Gasteiger partial charge in [0.2, 0.25) is 0 Å². The number of unbranched alkanes of at least 4 members (excludes halogenated alkanes) is 40. The van der Waals surface area contributed by atoms with Gasteiger partial charge in [-0.15, -0.1) is 0 Å². The summed E-state index contributed by atoms with van der Waals surface area (Å²) in [6.07, 6.45) is 51.7. The second-order valence-corrected chi connectivity index (χ2v) is 32.6. The van der Waals surface area contributed by atoms with E-state index in [1.165, 1.54) is 193 Å². The van der Waals surface area contributed by atoms with E-state index >= 15 is 0 Å². The summed E-state index contributed by atoms with van der Waals surface area (Å²) in [4.78, 5) is 72.7. The molecule has 0 bridgehead atoms. The second kappa shape index (κ2) is 66.3. The third-order valence-corrected chi connectivity index (χ3v) is 19.7. The summed E-state index contributed by atoms with van der Waals surface area (Å²) in [7, 11) is -9.91. The normalized spacial score (nSPS) is 14.1. The number of carbonyl (C=O) groups is 4. The van der Waals surface area contributed by atoms with E-state index in [9.17, 15) is 43.2 Å². The molecule has 0 aliphatic rings. The van der Waals surface area contributed by atoms with E-state index < -0.39 is 97.5 Å². The van der Waals surface area contributed by atoms with Gasteiger partial charge in [0, 0.05) is 25.7 Å². The molecule has 0 saturated heterocycles. The molecule has 0 aliphatic carbocycles. The molecule has 19 heteroatoms. The van der Waals surface area contributed by atoms with E-state index in [0.29, 0.717) is 31.6 Å². The Balaban J connectivity index is 5.18. The monoisotopic (exact) mass is 1410 g/mol. The van der Waals surface area contributed by atoms with Gasteiger partial charge in [-0.1, -0.05) is 338 Å². The Bertz CT molecular complexity index is 1880. The first-order valence-corrected chi connectivity index (χ1v) is 42.7. The zero-order valence-electron chi connectivity index (χ0n) is 63.0. The van der Waals surface area contributed by atoms with Gasteiger partial charge < -0.3 is 33.8 Å². The van der Waals surface area contributed by atoms with Gasteiger partial charge in [0.05, 0.1) is 26.4 Å². The average Bonchev–Trinajstić information content (AvgIpc) is 1.03. The van der Waals surface area contributed by atoms with Crippen LogP contribution in [-0.2, 0) is 65.4 Å². The predicted octanol–water partition coefficient (Wildman–Crippen LogP) is 22.4. The number of phosphoric ester groups is 2. The molecule has 5 atom stereocenters. The summed E-state index contributed by atoms with van der Waals surface area (Å²) in [5.74, 6) is 0.870. The molecule has 3 unspecified atom stereocenters. The maximum absolute atomic E-state index is 13.1. The van der Waals surface area contributed by atoms with Gasteiger partial charge in [0.15, 0.2) is 12.2 Å². The first-order chi connectivity index (χ1) is 46.1. The van der Waals surface area contributed by atoms with Gasteiger partial charge in [0.1, 0.15) is 19.3 Å². The molecule has 0 amide bonds. The second-order valence-electron chi connectivity index (χ2n) is 29.7. The van der Waals surface area contributed by atoms with Crippen molar-refractivity contribution in [2.75, 3.05) is 39.6 Å². The van der Waals surface area contributed by atoms with Crippen LogP contribution in [0.3, 0.4) is 0 Å². The molecule has 0 aromatic heterocycles. The molecule has 96 heavy (non-hydrogen) atoms. The fraction of sp³-hybridized carbons (Fsp3) is 0.948. The highest BCUT2D eigenvalue weighted by Crippen LogP contribution is 2.45. The number of rotatable bonds is 74. The molecular weight excluding hydrogens is 1260 g/mol. The molecule has 0 spiro atoms. The van der Waals surface area contributed by atoms with Crippen molar-refractivity contribution in [2.24, 2.45) is 23.7 Å². The third-order valence-electron chi connectivity index (χ3n) is 17.8. The van der Waals surface area contributed by atoms with Crippen molar-refractivity contribution in [2.45, 2.75) is 408 Å². The molecule has 0 aromatic carbocycles. The van der Waals surface area contributed by atoms with E-state index in [1.54, 1.807) is 0 Å². The highest BCUT2D eigenvalue weighted by atomic mass is 31.2. The van der Waals surface area contributed by atoms with Crippen LogP contribution >= 0.6 is 15.6 Å². The molecule has 570 valence electrons. The molecule has 17 nitrogen and oxygen atoms in total. The Kier molecular flexibility index (Phi) is 65.0. The molecule has 0 radical (unpaired) electrons. The van der Waals surface area contributed by atoms with Crippen molar-refractivity contribution in [1.82, 2.24) is 0 Å². The molecular formula is C77H150O17P2. The molecule has 3 N–H and O–H groups in total. The minimum atomic E-state index is -4.96. The SMILES string of the molecule is CC(C)CCCCCCCCCCCCCCCCCCCCC(=O)OC[C@H](COP(=O)(O)OCC(O)COP(=O)(O)OC[C@@H](COC(=O)CCCCCCCCCCC(C)C)OC(=O)CCCCCCCCC(C)C)OC(=O)CCCCCCCCCCCCCCC(C)C. The Morgan fingerprint density at radius 2 is 0.438 bits per heavy atom. The zero-order valence-corrected chi connectivity index (χ0v) is 64.8. The first-order valence-electron chi connectivity index (χ1n) is 39.7. The molecule has 0 fully saturated rings. The van der Waals surface area contributed by atoms with Gasteiger partial charge in [-0.2, -0.15) is 0 Å². The lowest BCUT2D eigenvalue weighted by molar-refractivity contribution is -0.161. The zero-order chi connectivity index (χ0) is 71.0. The molecule has 0 saturated carbocycles. The number of ether oxygens (including phenoxy) is 4. The maximum Gasteiger partial charge on any atom is 0.472 e. The summed E-state index contributed by atoms with van der Waals surface area (Å²) in [6.45, 7) is 14.1. The lowest BCUT2D eigenvalue weighted by Gasteiger charge is -2.21. The summed E-state index contributed by atoms with van der Waals surface area (Å²) >= 11 is 0. The molecule has 0 aliphatic heterocycles. The number of phosphoric acid groups is 2. The maximum atomic E-state index is 13.1. The van der Waals surface area contributed by atoms with Gasteiger partial charge >= 0.3 is 39.5 Å². The fourth-order valence-corrected chi connectivity index (χ4v) is 13.3. The van der Waals surface area contributed by atoms with Crippen LogP contribution in [0.2, 0.25) is 0 Å². The number of esters is 4. The lowest BCUT2D eigenvalue weighted by atomic mass is 10.0. The minimum absolute atomic E-state index is 0.101. The van der Waals surface area contributed by atoms with Crippen LogP contribution in [0.1, 0.15) is 389 Å². The van der Waals surface area contributed by atoms with E-state index in [4.69, 9.17) is 37.0 Å². The molecule has 0 aromatic rings. The van der Waals surface area contributed by atoms with Crippen LogP contribution in [0.25, 0.3) is 0 Å². The standard InChI is InChI=1S/C77H150O17P2/c1-67(2)53-45-37-29-23-19-15-13-11-9-10-12-14-16-21-25-32-41-49-57-74(79)87-63-72(93-76(81)59-51-43-34-26-22-18-17-20-24-30-38-46-54-68(3)4)65-91-95(83,84)89-61-71(78)62-90-96(85,86)92-66-73(94-77(82)60-52-44-36-35-40-48-56-70(7)8)64-88-75(80)58-50-42-33-28-27-31-39-47-55-69(5)6/h67-73,78H,9-66H2,1-8H3,(H,83,84)(H,85,86)/t71?,72-,73-/m1/s1. The van der Waals surface area contributed by atoms with Crippen molar-refractivity contribution in [3.05, 3.63) is 0 Å². The number of hydrogen-bond acceptors (Lipinski definition) is 15. The number of hydrogen-bond donors (Lipinski definition) is 3. The van der Waals surface area contributed by atoms with E-state index in [0.717, 1.165) is 108 Å². The van der Waals surface area contributed by atoms with Crippen molar-refractivity contribution in [3.63, 3.8) is 0 Å². The van der Waals surface area contributed by atoms with Crippen LogP contribution in [0.5, 0.6) is 0 Å². The number of aliphatic hydroxyl groups excluding tert-OH is 1. The smallest absolute Gasteiger partial charge is 0.462 e. The van der Waals surface area contributed by atoms with Gasteiger partial charge in [-0.05, 0) is 49.4 Å². The third kappa shape index (κ3) is 70.5. The highest BCUT2D eigenvalue weighted by molar-refractivity contribution is 7.47. The van der Waals surface area contributed by atoms with E-state index in [-0.39, 0.29) is 25.7 Å². The quantitative estimate of drug-likeness (QED) is 0.0222. The van der Waals surface area contributed by atoms with Gasteiger partial charge in [-0.3, -0.25) is 37.3 Å². The van der Waals surface area contributed by atoms with Crippen LogP contribution in [0, 0.1) is 23.7 Å². The van der Waals surface area contributed by atoms with Crippen LogP contribution in [-0.4, -0.2) is 96.7 Å². The molecule has 0 rings (SSSR count). The van der Waals surface area contributed by atoms with Crippen molar-refractivity contribution in [3.8, 4) is 0 Å². The Morgan fingerprint density at radius 1 is 0.260 bits per heavy atom.